The second kappa shape index (κ2) is 4.86. The van der Waals surface area contributed by atoms with Crippen molar-refractivity contribution in [1.29, 1.82) is 0 Å². The third kappa shape index (κ3) is 2.45. The average Bonchev–Trinajstić information content (AvgIpc) is 3.02. The van der Waals surface area contributed by atoms with Gasteiger partial charge in [-0.05, 0) is 29.5 Å². The van der Waals surface area contributed by atoms with Crippen LogP contribution < -0.4 is 5.32 Å². The summed E-state index contributed by atoms with van der Waals surface area (Å²) in [6.07, 6.45) is 1.16. The van der Waals surface area contributed by atoms with Crippen LogP contribution in [0.15, 0.2) is 22.6 Å². The van der Waals surface area contributed by atoms with Crippen LogP contribution in [-0.2, 0) is 10.2 Å². The zero-order chi connectivity index (χ0) is 14.3. The van der Waals surface area contributed by atoms with E-state index >= 15 is 0 Å². The van der Waals surface area contributed by atoms with Crippen molar-refractivity contribution >= 4 is 11.1 Å². The molecule has 2 aromatic rings. The molecular weight excluding hydrogens is 252 g/mol. The van der Waals surface area contributed by atoms with Crippen molar-refractivity contribution in [2.75, 3.05) is 13.7 Å². The molecule has 0 spiro atoms. The second-order valence-corrected chi connectivity index (χ2v) is 6.54. The number of benzene rings is 1. The molecule has 4 heteroatoms. The Bertz CT molecular complexity index is 612. The van der Waals surface area contributed by atoms with E-state index in [9.17, 15) is 0 Å². The highest BCUT2D eigenvalue weighted by Crippen LogP contribution is 2.30. The minimum absolute atomic E-state index is 0.125. The quantitative estimate of drug-likeness (QED) is 0.913. The maximum atomic E-state index is 5.88. The molecular formula is C16H22N2O2. The van der Waals surface area contributed by atoms with Crippen molar-refractivity contribution in [3.05, 3.63) is 29.7 Å². The number of hydrogen-bond donors (Lipinski definition) is 1. The lowest BCUT2D eigenvalue weighted by Crippen LogP contribution is -2.16. The molecule has 0 aliphatic carbocycles. The van der Waals surface area contributed by atoms with E-state index in [-0.39, 0.29) is 17.6 Å². The molecule has 2 heterocycles. The molecule has 20 heavy (non-hydrogen) atoms. The summed E-state index contributed by atoms with van der Waals surface area (Å²) < 4.78 is 11.3. The van der Waals surface area contributed by atoms with Crippen LogP contribution in [0, 0.1) is 0 Å². The first kappa shape index (κ1) is 13.6. The van der Waals surface area contributed by atoms with E-state index in [1.807, 2.05) is 6.07 Å². The van der Waals surface area contributed by atoms with Gasteiger partial charge in [0.2, 0.25) is 5.89 Å². The zero-order valence-electron chi connectivity index (χ0n) is 12.6. The number of rotatable bonds is 2. The highest BCUT2D eigenvalue weighted by molar-refractivity contribution is 5.73. The number of ether oxygens (including phenoxy) is 1. The Balaban J connectivity index is 1.91. The Morgan fingerprint density at radius 3 is 2.80 bits per heavy atom. The van der Waals surface area contributed by atoms with Gasteiger partial charge >= 0.3 is 0 Å². The summed E-state index contributed by atoms with van der Waals surface area (Å²) in [5.74, 6) is 0.769. The van der Waals surface area contributed by atoms with E-state index in [1.54, 1.807) is 7.11 Å². The average molecular weight is 274 g/mol. The molecule has 2 atom stereocenters. The van der Waals surface area contributed by atoms with E-state index in [0.717, 1.165) is 30.0 Å². The maximum Gasteiger partial charge on any atom is 0.212 e. The molecule has 0 radical (unpaired) electrons. The molecule has 0 amide bonds. The molecule has 1 N–H and O–H groups in total. The Labute approximate surface area is 119 Å². The summed E-state index contributed by atoms with van der Waals surface area (Å²) in [4.78, 5) is 4.65. The van der Waals surface area contributed by atoms with Crippen LogP contribution in [0.1, 0.15) is 44.7 Å². The molecule has 1 aromatic heterocycles. The van der Waals surface area contributed by atoms with Crippen LogP contribution in [0.2, 0.25) is 0 Å². The van der Waals surface area contributed by atoms with Crippen LogP contribution in [0.4, 0.5) is 0 Å². The standard InChI is InChI=1S/C16H22N2O2/c1-16(2,3)10-5-6-14-12(7-10)18-15(20-14)13-8-11(19-4)9-17-13/h5-7,11,13,17H,8-9H2,1-4H3. The van der Waals surface area contributed by atoms with Gasteiger partial charge < -0.3 is 14.5 Å². The molecule has 1 aliphatic rings. The van der Waals surface area contributed by atoms with Gasteiger partial charge in [0.15, 0.2) is 5.58 Å². The molecule has 108 valence electrons. The first-order chi connectivity index (χ1) is 9.47. The maximum absolute atomic E-state index is 5.88. The number of nitrogens with zero attached hydrogens (tertiary/aromatic N) is 1. The van der Waals surface area contributed by atoms with Gasteiger partial charge in [0, 0.05) is 13.7 Å². The Morgan fingerprint density at radius 2 is 2.15 bits per heavy atom. The first-order valence-electron chi connectivity index (χ1n) is 7.14. The van der Waals surface area contributed by atoms with E-state index in [2.05, 4.69) is 43.2 Å². The monoisotopic (exact) mass is 274 g/mol. The van der Waals surface area contributed by atoms with Crippen molar-refractivity contribution in [3.63, 3.8) is 0 Å². The van der Waals surface area contributed by atoms with E-state index in [0.29, 0.717) is 0 Å². The summed E-state index contributed by atoms with van der Waals surface area (Å²) >= 11 is 0. The van der Waals surface area contributed by atoms with Gasteiger partial charge in [-0.15, -0.1) is 0 Å². The Kier molecular flexibility index (Phi) is 3.30. The Morgan fingerprint density at radius 1 is 1.35 bits per heavy atom. The second-order valence-electron chi connectivity index (χ2n) is 6.54. The highest BCUT2D eigenvalue weighted by Gasteiger charge is 2.29. The van der Waals surface area contributed by atoms with Crippen LogP contribution >= 0.6 is 0 Å². The number of nitrogens with one attached hydrogen (secondary N) is 1. The molecule has 1 saturated heterocycles. The molecule has 1 fully saturated rings. The molecule has 0 saturated carbocycles. The fourth-order valence-corrected chi connectivity index (χ4v) is 2.63. The fraction of sp³-hybridized carbons (Fsp3) is 0.562. The van der Waals surface area contributed by atoms with Gasteiger partial charge in [0.1, 0.15) is 5.52 Å². The van der Waals surface area contributed by atoms with Gasteiger partial charge in [-0.25, -0.2) is 4.98 Å². The molecule has 4 nitrogen and oxygen atoms in total. The zero-order valence-corrected chi connectivity index (χ0v) is 12.6. The molecule has 2 unspecified atom stereocenters. The third-order valence-corrected chi connectivity index (χ3v) is 3.99. The lowest BCUT2D eigenvalue weighted by Gasteiger charge is -2.18. The largest absolute Gasteiger partial charge is 0.439 e. The SMILES string of the molecule is COC1CNC(c2nc3cc(C(C)(C)C)ccc3o2)C1. The number of aromatic nitrogens is 1. The predicted octanol–water partition coefficient (Wildman–Crippen LogP) is 3.17. The van der Waals surface area contributed by atoms with Crippen molar-refractivity contribution < 1.29 is 9.15 Å². The topological polar surface area (TPSA) is 47.3 Å². The number of hydrogen-bond acceptors (Lipinski definition) is 4. The van der Waals surface area contributed by atoms with Gasteiger partial charge in [0.05, 0.1) is 12.1 Å². The Hall–Kier alpha value is -1.39. The van der Waals surface area contributed by atoms with Crippen LogP contribution in [-0.4, -0.2) is 24.7 Å². The number of methoxy groups -OCH3 is 1. The lowest BCUT2D eigenvalue weighted by atomic mass is 9.87. The molecule has 0 bridgehead atoms. The van der Waals surface area contributed by atoms with Gasteiger partial charge in [-0.3, -0.25) is 0 Å². The molecule has 1 aliphatic heterocycles. The van der Waals surface area contributed by atoms with Crippen molar-refractivity contribution in [2.45, 2.75) is 44.8 Å². The minimum Gasteiger partial charge on any atom is -0.439 e. The fourth-order valence-electron chi connectivity index (χ4n) is 2.63. The number of oxazole rings is 1. The van der Waals surface area contributed by atoms with Crippen molar-refractivity contribution in [2.24, 2.45) is 0 Å². The summed E-state index contributed by atoms with van der Waals surface area (Å²) in [7, 11) is 1.75. The molecule has 1 aromatic carbocycles. The minimum atomic E-state index is 0.125. The molecule has 3 rings (SSSR count). The van der Waals surface area contributed by atoms with Crippen LogP contribution in [0.25, 0.3) is 11.1 Å². The van der Waals surface area contributed by atoms with Crippen molar-refractivity contribution in [1.82, 2.24) is 10.3 Å². The summed E-state index contributed by atoms with van der Waals surface area (Å²) in [5.41, 5.74) is 3.20. The summed E-state index contributed by atoms with van der Waals surface area (Å²) in [6, 6.07) is 6.43. The van der Waals surface area contributed by atoms with Crippen molar-refractivity contribution in [3.8, 4) is 0 Å². The van der Waals surface area contributed by atoms with Gasteiger partial charge in [0.25, 0.3) is 0 Å². The van der Waals surface area contributed by atoms with Crippen LogP contribution in [0.5, 0.6) is 0 Å². The highest BCUT2D eigenvalue weighted by atomic mass is 16.5. The van der Waals surface area contributed by atoms with E-state index in [4.69, 9.17) is 9.15 Å². The van der Waals surface area contributed by atoms with Crippen LogP contribution in [0.3, 0.4) is 0 Å². The lowest BCUT2D eigenvalue weighted by molar-refractivity contribution is 0.116. The predicted molar refractivity (Wildman–Crippen MR) is 78.9 cm³/mol. The smallest absolute Gasteiger partial charge is 0.212 e. The van der Waals surface area contributed by atoms with E-state index in [1.165, 1.54) is 5.56 Å². The van der Waals surface area contributed by atoms with Gasteiger partial charge in [-0.1, -0.05) is 26.8 Å². The summed E-state index contributed by atoms with van der Waals surface area (Å²) in [6.45, 7) is 7.47. The first-order valence-corrected chi connectivity index (χ1v) is 7.14. The summed E-state index contributed by atoms with van der Waals surface area (Å²) in [5, 5.41) is 3.40. The van der Waals surface area contributed by atoms with E-state index < -0.39 is 0 Å². The normalized spacial score (nSPS) is 23.6. The number of fused-ring (bicyclic) bond motifs is 1. The third-order valence-electron chi connectivity index (χ3n) is 3.99. The van der Waals surface area contributed by atoms with Gasteiger partial charge in [-0.2, -0.15) is 0 Å².